The number of benzene rings is 1. The Morgan fingerprint density at radius 2 is 2.13 bits per heavy atom. The number of H-pyrrole nitrogens is 1. The van der Waals surface area contributed by atoms with E-state index < -0.39 is 0 Å². The van der Waals surface area contributed by atoms with Gasteiger partial charge in [0.05, 0.1) is 23.9 Å². The fourth-order valence-electron chi connectivity index (χ4n) is 5.12. The molecule has 2 aliphatic heterocycles. The summed E-state index contributed by atoms with van der Waals surface area (Å²) in [6.07, 6.45) is 6.08. The van der Waals surface area contributed by atoms with E-state index in [1.165, 1.54) is 24.2 Å². The topological polar surface area (TPSA) is 90.4 Å². The van der Waals surface area contributed by atoms with E-state index in [-0.39, 0.29) is 17.9 Å². The van der Waals surface area contributed by atoms with Crippen LogP contribution in [-0.4, -0.2) is 76.3 Å². The maximum Gasteiger partial charge on any atom is 0.208 e. The Morgan fingerprint density at radius 3 is 2.83 bits per heavy atom. The predicted octanol–water partition coefficient (Wildman–Crippen LogP) is 2.84. The van der Waals surface area contributed by atoms with Crippen LogP contribution in [0.5, 0.6) is 5.75 Å². The van der Waals surface area contributed by atoms with Crippen LogP contribution in [0.1, 0.15) is 12.8 Å². The maximum absolute atomic E-state index is 10.6. The van der Waals surface area contributed by atoms with Crippen LogP contribution in [-0.2, 0) is 4.74 Å². The highest BCUT2D eigenvalue weighted by Crippen LogP contribution is 2.42. The van der Waals surface area contributed by atoms with Crippen LogP contribution in [0.15, 0.2) is 30.6 Å². The first-order valence-electron chi connectivity index (χ1n) is 10.2. The molecule has 2 saturated heterocycles. The third kappa shape index (κ3) is 3.17. The van der Waals surface area contributed by atoms with Gasteiger partial charge in [0.15, 0.2) is 5.01 Å². The summed E-state index contributed by atoms with van der Waals surface area (Å²) in [5.74, 6) is 0.733. The highest BCUT2D eigenvalue weighted by Gasteiger charge is 2.49. The largest absolute Gasteiger partial charge is 0.507 e. The minimum Gasteiger partial charge on any atom is -0.507 e. The van der Waals surface area contributed by atoms with Gasteiger partial charge in [-0.15, -0.1) is 10.2 Å². The van der Waals surface area contributed by atoms with Crippen molar-refractivity contribution in [2.75, 3.05) is 32.6 Å². The number of anilines is 1. The number of nitrogens with one attached hydrogen (secondary N) is 1. The summed E-state index contributed by atoms with van der Waals surface area (Å²) < 4.78 is 5.94. The van der Waals surface area contributed by atoms with Gasteiger partial charge < -0.3 is 19.6 Å². The van der Waals surface area contributed by atoms with Gasteiger partial charge in [-0.05, 0) is 43.5 Å². The summed E-state index contributed by atoms with van der Waals surface area (Å²) in [7, 11) is 6.09. The van der Waals surface area contributed by atoms with Crippen molar-refractivity contribution in [3.8, 4) is 27.4 Å². The average Bonchev–Trinajstić information content (AvgIpc) is 3.45. The van der Waals surface area contributed by atoms with Gasteiger partial charge in [0.2, 0.25) is 5.13 Å². The zero-order valence-corrected chi connectivity index (χ0v) is 18.1. The highest BCUT2D eigenvalue weighted by molar-refractivity contribution is 7.18. The van der Waals surface area contributed by atoms with Gasteiger partial charge in [-0.3, -0.25) is 5.10 Å². The number of aromatic amines is 1. The molecule has 0 spiro atoms. The number of phenolic OH excluding ortho intramolecular Hbond substituents is 1. The first kappa shape index (κ1) is 19.5. The molecule has 8 nitrogen and oxygen atoms in total. The lowest BCUT2D eigenvalue weighted by atomic mass is 9.73. The van der Waals surface area contributed by atoms with Crippen molar-refractivity contribution in [3.63, 3.8) is 0 Å². The molecule has 4 atom stereocenters. The summed E-state index contributed by atoms with van der Waals surface area (Å²) in [5, 5.41) is 27.8. The quantitative estimate of drug-likeness (QED) is 0.648. The SMILES string of the molecule is COC1C2CCC(CN2C)[C@H]1N(C)c1nnc(-c2ccc(-c3cn[nH]c3)cc2O)s1. The van der Waals surface area contributed by atoms with Crippen molar-refractivity contribution in [1.29, 1.82) is 0 Å². The first-order valence-corrected chi connectivity index (χ1v) is 11.0. The van der Waals surface area contributed by atoms with Gasteiger partial charge in [0.1, 0.15) is 5.75 Å². The first-order chi connectivity index (χ1) is 14.6. The Bertz CT molecular complexity index is 1020. The van der Waals surface area contributed by atoms with Gasteiger partial charge in [-0.2, -0.15) is 5.10 Å². The fraction of sp³-hybridized carbons (Fsp3) is 0.476. The van der Waals surface area contributed by atoms with E-state index in [2.05, 4.69) is 44.3 Å². The van der Waals surface area contributed by atoms with Crippen LogP contribution in [0.2, 0.25) is 0 Å². The Kier molecular flexibility index (Phi) is 4.96. The minimum atomic E-state index is 0.155. The van der Waals surface area contributed by atoms with Crippen LogP contribution in [0.3, 0.4) is 0 Å². The minimum absolute atomic E-state index is 0.155. The molecule has 0 amide bonds. The third-order valence-electron chi connectivity index (χ3n) is 6.62. The Balaban J connectivity index is 1.40. The van der Waals surface area contributed by atoms with Crippen molar-refractivity contribution in [2.24, 2.45) is 5.92 Å². The molecule has 0 radical (unpaired) electrons. The summed E-state index contributed by atoms with van der Waals surface area (Å²) in [6, 6.07) is 6.31. The van der Waals surface area contributed by atoms with E-state index in [4.69, 9.17) is 4.74 Å². The number of nitrogens with zero attached hydrogens (tertiary/aromatic N) is 5. The van der Waals surface area contributed by atoms with E-state index >= 15 is 0 Å². The molecule has 3 aliphatic rings. The lowest BCUT2D eigenvalue weighted by Crippen LogP contribution is -2.66. The molecule has 3 unspecified atom stereocenters. The highest BCUT2D eigenvalue weighted by atomic mass is 32.1. The van der Waals surface area contributed by atoms with Crippen LogP contribution in [0.25, 0.3) is 21.7 Å². The number of hydrogen-bond acceptors (Lipinski definition) is 8. The maximum atomic E-state index is 10.6. The van der Waals surface area contributed by atoms with E-state index in [0.717, 1.165) is 22.8 Å². The molecule has 2 N–H and O–H groups in total. The van der Waals surface area contributed by atoms with Gasteiger partial charge >= 0.3 is 0 Å². The van der Waals surface area contributed by atoms with Gasteiger partial charge in [-0.25, -0.2) is 0 Å². The van der Waals surface area contributed by atoms with E-state index in [1.54, 1.807) is 18.5 Å². The van der Waals surface area contributed by atoms with Crippen LogP contribution >= 0.6 is 11.3 Å². The lowest BCUT2D eigenvalue weighted by Gasteiger charge is -2.54. The average molecular weight is 427 g/mol. The number of aromatic nitrogens is 4. The Hall–Kier alpha value is -2.49. The molecule has 2 bridgehead atoms. The van der Waals surface area contributed by atoms with Crippen molar-refractivity contribution < 1.29 is 9.84 Å². The summed E-state index contributed by atoms with van der Waals surface area (Å²) >= 11 is 1.50. The van der Waals surface area contributed by atoms with Crippen molar-refractivity contribution >= 4 is 16.5 Å². The number of rotatable bonds is 5. The molecular weight excluding hydrogens is 400 g/mol. The van der Waals surface area contributed by atoms with Gasteiger partial charge in [-0.1, -0.05) is 17.4 Å². The molecule has 1 saturated carbocycles. The molecule has 6 rings (SSSR count). The summed E-state index contributed by atoms with van der Waals surface area (Å²) in [4.78, 5) is 4.66. The van der Waals surface area contributed by atoms with Gasteiger partial charge in [0.25, 0.3) is 0 Å². The van der Waals surface area contributed by atoms with Crippen molar-refractivity contribution in [1.82, 2.24) is 25.3 Å². The second-order valence-electron chi connectivity index (χ2n) is 8.25. The number of phenols is 1. The number of piperidine rings is 2. The molecule has 3 fully saturated rings. The number of fused-ring (bicyclic) bond motifs is 3. The molecule has 4 heterocycles. The van der Waals surface area contributed by atoms with Crippen LogP contribution in [0.4, 0.5) is 5.13 Å². The van der Waals surface area contributed by atoms with E-state index in [1.807, 2.05) is 19.2 Å². The Labute approximate surface area is 179 Å². The summed E-state index contributed by atoms with van der Waals surface area (Å²) in [5.41, 5.74) is 2.52. The molecule has 1 aromatic carbocycles. The third-order valence-corrected chi connectivity index (χ3v) is 7.66. The molecule has 30 heavy (non-hydrogen) atoms. The monoisotopic (exact) mass is 426 g/mol. The van der Waals surface area contributed by atoms with Gasteiger partial charge in [0, 0.05) is 38.5 Å². The van der Waals surface area contributed by atoms with Crippen molar-refractivity contribution in [2.45, 2.75) is 31.0 Å². The second kappa shape index (κ2) is 7.64. The number of likely N-dealkylation sites (N-methyl/N-ethyl adjacent to an activating group) is 2. The lowest BCUT2D eigenvalue weighted by molar-refractivity contribution is -0.0794. The van der Waals surface area contributed by atoms with Crippen molar-refractivity contribution in [3.05, 3.63) is 30.6 Å². The number of ether oxygens (including phenoxy) is 1. The second-order valence-corrected chi connectivity index (χ2v) is 9.21. The molecule has 158 valence electrons. The molecule has 1 aliphatic carbocycles. The Morgan fingerprint density at radius 1 is 1.27 bits per heavy atom. The smallest absolute Gasteiger partial charge is 0.208 e. The number of aromatic hydroxyl groups is 1. The van der Waals surface area contributed by atoms with Crippen LogP contribution < -0.4 is 4.90 Å². The molecule has 2 aromatic heterocycles. The fourth-order valence-corrected chi connectivity index (χ4v) is 6.00. The molecular formula is C21H26N6O2S. The molecule has 9 heteroatoms. The standard InChI is InChI=1S/C21H26N6O2S/c1-26-11-13-5-7-16(26)19(29-3)18(13)27(2)21-25-24-20(30-21)15-6-4-12(8-17(15)28)14-9-22-23-10-14/h4,6,8-10,13,16,18-19,28H,5,7,11H2,1-3H3,(H,22,23)/t13?,16?,18-,19?/m1/s1. The normalized spacial score (nSPS) is 26.2. The zero-order valence-electron chi connectivity index (χ0n) is 17.3. The predicted molar refractivity (Wildman–Crippen MR) is 117 cm³/mol. The van der Waals surface area contributed by atoms with E-state index in [9.17, 15) is 5.11 Å². The molecule has 3 aromatic rings. The summed E-state index contributed by atoms with van der Waals surface area (Å²) in [6.45, 7) is 1.08. The van der Waals surface area contributed by atoms with Crippen LogP contribution in [0, 0.1) is 5.92 Å². The van der Waals surface area contributed by atoms with E-state index in [0.29, 0.717) is 22.5 Å². The number of hydrogen-bond donors (Lipinski definition) is 2. The zero-order chi connectivity index (χ0) is 20.8. The number of methoxy groups -OCH3 is 1.